The number of aryl methyl sites for hydroxylation is 3. The number of nitrogens with two attached hydrogens (primary N) is 1. The first-order valence-electron chi connectivity index (χ1n) is 18.0. The molecule has 0 radical (unpaired) electrons. The highest BCUT2D eigenvalue weighted by atomic mass is 32.2. The van der Waals surface area contributed by atoms with Gasteiger partial charge in [0.2, 0.25) is 21.9 Å². The number of aliphatic carboxylic acids is 1. The van der Waals surface area contributed by atoms with Crippen LogP contribution in [0.5, 0.6) is 0 Å². The number of alkyl carbamates (subject to hydrolysis) is 1. The lowest BCUT2D eigenvalue weighted by atomic mass is 9.98. The van der Waals surface area contributed by atoms with Gasteiger partial charge in [-0.25, -0.2) is 33.0 Å². The minimum absolute atomic E-state index is 0.0315. The fourth-order valence-corrected chi connectivity index (χ4v) is 7.92. The molecule has 0 fully saturated rings. The zero-order valence-electron chi connectivity index (χ0n) is 31.6. The van der Waals surface area contributed by atoms with Crippen LogP contribution in [0.2, 0.25) is 0 Å². The second kappa shape index (κ2) is 15.5. The average Bonchev–Trinajstić information content (AvgIpc) is 3.67. The van der Waals surface area contributed by atoms with Crippen LogP contribution in [0.25, 0.3) is 22.0 Å². The number of nitrogens with zero attached hydrogens (tertiary/aromatic N) is 6. The number of fused-ring (bicyclic) bond motifs is 4. The Kier molecular flexibility index (Phi) is 10.5. The van der Waals surface area contributed by atoms with Gasteiger partial charge >= 0.3 is 12.1 Å². The van der Waals surface area contributed by atoms with Gasteiger partial charge < -0.3 is 20.1 Å². The SMILES string of the molecule is Cc1ccc(N(C(=O)CC[C@H](NC(=O)OCC2c3ccccc3-c3ccccc32)C(=O)O)c2nccc(N(C)c3ccc4c(C)n(C)nc4c3)n2)cc1S(N)(=O)=O. The molecule has 4 N–H and O–H groups in total. The van der Waals surface area contributed by atoms with E-state index >= 15 is 0 Å². The smallest absolute Gasteiger partial charge is 0.407 e. The highest BCUT2D eigenvalue weighted by Gasteiger charge is 2.31. The van der Waals surface area contributed by atoms with Crippen molar-refractivity contribution in [3.05, 3.63) is 120 Å². The predicted molar refractivity (Wildman–Crippen MR) is 214 cm³/mol. The Morgan fingerprint density at radius 1 is 0.947 bits per heavy atom. The monoisotopic (exact) mass is 788 g/mol. The zero-order valence-corrected chi connectivity index (χ0v) is 32.4. The molecule has 15 nitrogen and oxygen atoms in total. The summed E-state index contributed by atoms with van der Waals surface area (Å²) in [6.07, 6.45) is -0.265. The van der Waals surface area contributed by atoms with Gasteiger partial charge in [-0.15, -0.1) is 0 Å². The summed E-state index contributed by atoms with van der Waals surface area (Å²) < 4.78 is 32.4. The number of sulfonamides is 1. The van der Waals surface area contributed by atoms with Crippen LogP contribution in [0, 0.1) is 13.8 Å². The van der Waals surface area contributed by atoms with Gasteiger partial charge in [0.15, 0.2) is 0 Å². The molecule has 0 unspecified atom stereocenters. The summed E-state index contributed by atoms with van der Waals surface area (Å²) in [5.41, 5.74) is 7.04. The second-order valence-corrected chi connectivity index (χ2v) is 15.3. The standard InChI is InChI=1S/C41H40N8O7S/c1-24-13-14-27(22-36(24)57(42,54)55)49(40-43-20-19-37(45-40)47(3)26-15-16-28-25(2)48(4)46-35(28)21-26)38(50)18-17-34(39(51)52)44-41(53)56-23-33-31-11-7-5-9-29(31)30-10-6-8-12-32(30)33/h5-16,19-22,33-34H,17-18,23H2,1-4H3,(H,44,53)(H,51,52)(H2,42,54,55)/t34-/m0/s1. The number of primary sulfonamides is 1. The molecule has 1 atom stereocenters. The average molecular weight is 789 g/mol. The van der Waals surface area contributed by atoms with Crippen LogP contribution in [-0.2, 0) is 31.4 Å². The lowest BCUT2D eigenvalue weighted by molar-refractivity contribution is -0.139. The van der Waals surface area contributed by atoms with Crippen LogP contribution < -0.4 is 20.3 Å². The quantitative estimate of drug-likeness (QED) is 0.135. The normalized spacial score (nSPS) is 12.8. The van der Waals surface area contributed by atoms with E-state index < -0.39 is 40.5 Å². The molecule has 0 aliphatic heterocycles. The number of carbonyl (C=O) groups excluding carboxylic acids is 2. The van der Waals surface area contributed by atoms with E-state index in [0.29, 0.717) is 11.4 Å². The molecule has 0 spiro atoms. The lowest BCUT2D eigenvalue weighted by Crippen LogP contribution is -2.42. The molecule has 0 bridgehead atoms. The highest BCUT2D eigenvalue weighted by molar-refractivity contribution is 7.89. The predicted octanol–water partition coefficient (Wildman–Crippen LogP) is 5.83. The summed E-state index contributed by atoms with van der Waals surface area (Å²) in [5.74, 6) is -2.02. The second-order valence-electron chi connectivity index (χ2n) is 13.8. The van der Waals surface area contributed by atoms with Crippen molar-refractivity contribution in [1.29, 1.82) is 0 Å². The molecule has 2 aromatic heterocycles. The molecule has 292 valence electrons. The molecular weight excluding hydrogens is 749 g/mol. The number of aromatic nitrogens is 4. The number of ether oxygens (including phenoxy) is 1. The topological polar surface area (TPSA) is 203 Å². The Morgan fingerprint density at radius 2 is 1.61 bits per heavy atom. The largest absolute Gasteiger partial charge is 0.480 e. The van der Waals surface area contributed by atoms with Crippen LogP contribution in [0.1, 0.15) is 41.1 Å². The fraction of sp³-hybridized carbons (Fsp3) is 0.220. The van der Waals surface area contributed by atoms with Gasteiger partial charge in [-0.2, -0.15) is 10.1 Å². The number of anilines is 4. The fourth-order valence-electron chi connectivity index (χ4n) is 7.12. The minimum atomic E-state index is -4.20. The Morgan fingerprint density at radius 3 is 2.28 bits per heavy atom. The molecule has 1 aliphatic carbocycles. The maximum atomic E-state index is 14.2. The van der Waals surface area contributed by atoms with Crippen molar-refractivity contribution in [3.63, 3.8) is 0 Å². The van der Waals surface area contributed by atoms with Crippen LogP contribution >= 0.6 is 0 Å². The van der Waals surface area contributed by atoms with Gasteiger partial charge in [0, 0.05) is 49.4 Å². The van der Waals surface area contributed by atoms with E-state index in [9.17, 15) is 27.9 Å². The number of carbonyl (C=O) groups is 3. The van der Waals surface area contributed by atoms with Crippen molar-refractivity contribution in [1.82, 2.24) is 25.1 Å². The third-order valence-corrected chi connectivity index (χ3v) is 11.3. The molecular formula is C41H40N8O7S. The third kappa shape index (κ3) is 7.77. The van der Waals surface area contributed by atoms with Crippen molar-refractivity contribution in [2.75, 3.05) is 23.5 Å². The van der Waals surface area contributed by atoms with E-state index in [1.807, 2.05) is 80.7 Å². The maximum absolute atomic E-state index is 14.2. The Balaban J connectivity index is 1.11. The Labute approximate surface area is 328 Å². The van der Waals surface area contributed by atoms with Gasteiger partial charge in [0.05, 0.1) is 16.1 Å². The van der Waals surface area contributed by atoms with Gasteiger partial charge in [-0.05, 0) is 84.5 Å². The van der Waals surface area contributed by atoms with Crippen LogP contribution in [0.3, 0.4) is 0 Å². The number of rotatable bonds is 12. The first-order chi connectivity index (χ1) is 27.2. The van der Waals surface area contributed by atoms with Gasteiger partial charge in [0.25, 0.3) is 0 Å². The lowest BCUT2D eigenvalue weighted by Gasteiger charge is -2.25. The molecule has 0 saturated carbocycles. The molecule has 7 rings (SSSR count). The van der Waals surface area contributed by atoms with Crippen molar-refractivity contribution in [2.24, 2.45) is 12.2 Å². The Hall–Kier alpha value is -6.65. The number of nitrogens with one attached hydrogen (secondary N) is 1. The summed E-state index contributed by atoms with van der Waals surface area (Å²) in [5, 5.41) is 23.5. The molecule has 16 heteroatoms. The first kappa shape index (κ1) is 38.6. The number of amides is 2. The zero-order chi connectivity index (χ0) is 40.6. The van der Waals surface area contributed by atoms with Crippen molar-refractivity contribution in [3.8, 4) is 11.1 Å². The number of carboxylic acids is 1. The van der Waals surface area contributed by atoms with E-state index in [-0.39, 0.29) is 35.5 Å². The van der Waals surface area contributed by atoms with E-state index in [4.69, 9.17) is 9.88 Å². The molecule has 1 aliphatic rings. The molecule has 2 heterocycles. The van der Waals surface area contributed by atoms with Gasteiger partial charge in [-0.1, -0.05) is 54.6 Å². The highest BCUT2D eigenvalue weighted by Crippen LogP contribution is 2.44. The molecule has 57 heavy (non-hydrogen) atoms. The number of hydrogen-bond donors (Lipinski definition) is 3. The van der Waals surface area contributed by atoms with E-state index in [1.54, 1.807) is 29.6 Å². The summed E-state index contributed by atoms with van der Waals surface area (Å²) >= 11 is 0. The van der Waals surface area contributed by atoms with Crippen LogP contribution in [0.15, 0.2) is 102 Å². The van der Waals surface area contributed by atoms with E-state index in [2.05, 4.69) is 20.4 Å². The van der Waals surface area contributed by atoms with Crippen molar-refractivity contribution >= 4 is 62.0 Å². The third-order valence-electron chi connectivity index (χ3n) is 10.2. The van der Waals surface area contributed by atoms with Crippen LogP contribution in [-0.4, -0.2) is 70.9 Å². The van der Waals surface area contributed by atoms with Gasteiger partial charge in [-0.3, -0.25) is 9.48 Å². The van der Waals surface area contributed by atoms with Gasteiger partial charge in [0.1, 0.15) is 18.5 Å². The number of hydrogen-bond acceptors (Lipinski definition) is 10. The first-order valence-corrected chi connectivity index (χ1v) is 19.6. The number of benzene rings is 4. The maximum Gasteiger partial charge on any atom is 0.407 e. The summed E-state index contributed by atoms with van der Waals surface area (Å²) in [6, 6.07) is 25.8. The summed E-state index contributed by atoms with van der Waals surface area (Å²) in [6.45, 7) is 3.51. The summed E-state index contributed by atoms with van der Waals surface area (Å²) in [7, 11) is -0.554. The molecule has 2 amide bonds. The molecule has 4 aromatic carbocycles. The molecule has 0 saturated heterocycles. The molecule has 6 aromatic rings. The van der Waals surface area contributed by atoms with Crippen LogP contribution in [0.4, 0.5) is 27.9 Å². The van der Waals surface area contributed by atoms with E-state index in [0.717, 1.165) is 49.4 Å². The minimum Gasteiger partial charge on any atom is -0.480 e. The van der Waals surface area contributed by atoms with Crippen molar-refractivity contribution < 1.29 is 32.6 Å². The Bertz CT molecular complexity index is 2620. The number of carboxylic acid groups (broad SMARTS) is 1. The van der Waals surface area contributed by atoms with E-state index in [1.165, 1.54) is 24.4 Å². The summed E-state index contributed by atoms with van der Waals surface area (Å²) in [4.78, 5) is 51.3. The van der Waals surface area contributed by atoms with Crippen molar-refractivity contribution in [2.45, 2.75) is 43.5 Å².